The molecule has 0 aliphatic heterocycles. The van der Waals surface area contributed by atoms with Gasteiger partial charge in [-0.2, -0.15) is 5.10 Å². The molecule has 0 saturated heterocycles. The highest BCUT2D eigenvalue weighted by atomic mass is 35.5. The van der Waals surface area contributed by atoms with Crippen LogP contribution < -0.4 is 10.9 Å². The van der Waals surface area contributed by atoms with Crippen LogP contribution in [0.4, 0.5) is 0 Å². The number of aromatic amines is 1. The van der Waals surface area contributed by atoms with E-state index in [4.69, 9.17) is 34.8 Å². The summed E-state index contributed by atoms with van der Waals surface area (Å²) in [6.07, 6.45) is 1.53. The molecule has 0 atom stereocenters. The third kappa shape index (κ3) is 4.58. The SMILES string of the molecule is Cc1c(C(=O)NCc2cc[nH]c(=O)c2)nn(-c2ccc(Cl)cc2Cl)c1-c1ccc(Cl)cc1. The van der Waals surface area contributed by atoms with Gasteiger partial charge in [-0.15, -0.1) is 0 Å². The second kappa shape index (κ2) is 9.20. The number of halogens is 3. The van der Waals surface area contributed by atoms with Crippen LogP contribution >= 0.6 is 34.8 Å². The molecule has 32 heavy (non-hydrogen) atoms. The van der Waals surface area contributed by atoms with Crippen LogP contribution in [-0.2, 0) is 6.54 Å². The normalized spacial score (nSPS) is 10.9. The molecule has 2 heterocycles. The van der Waals surface area contributed by atoms with Crippen molar-refractivity contribution in [1.82, 2.24) is 20.1 Å². The minimum absolute atomic E-state index is 0.188. The van der Waals surface area contributed by atoms with Crippen molar-refractivity contribution in [3.8, 4) is 16.9 Å². The lowest BCUT2D eigenvalue weighted by atomic mass is 10.1. The number of amides is 1. The van der Waals surface area contributed by atoms with E-state index in [1.807, 2.05) is 19.1 Å². The zero-order chi connectivity index (χ0) is 22.8. The first-order valence-electron chi connectivity index (χ1n) is 9.60. The zero-order valence-electron chi connectivity index (χ0n) is 16.8. The smallest absolute Gasteiger partial charge is 0.272 e. The van der Waals surface area contributed by atoms with Crippen LogP contribution in [0.3, 0.4) is 0 Å². The van der Waals surface area contributed by atoms with Crippen molar-refractivity contribution in [3.05, 3.63) is 103 Å². The van der Waals surface area contributed by atoms with Crippen molar-refractivity contribution in [2.45, 2.75) is 13.5 Å². The predicted octanol–water partition coefficient (Wildman–Crippen LogP) is 5.43. The molecule has 0 radical (unpaired) electrons. The summed E-state index contributed by atoms with van der Waals surface area (Å²) in [7, 11) is 0. The number of carbonyl (C=O) groups excluding carboxylic acids is 1. The van der Waals surface area contributed by atoms with Gasteiger partial charge in [-0.3, -0.25) is 9.59 Å². The standard InChI is InChI=1S/C23H17Cl3N4O2/c1-13-21(23(32)28-12-14-8-9-27-20(31)10-14)29-30(19-7-6-17(25)11-18(19)26)22(13)15-2-4-16(24)5-3-15/h2-11H,12H2,1H3,(H,27,31)(H,28,32). The Bertz CT molecular complexity index is 1360. The Labute approximate surface area is 198 Å². The molecular weight excluding hydrogens is 471 g/mol. The van der Waals surface area contributed by atoms with Crippen LogP contribution in [-0.4, -0.2) is 20.7 Å². The Morgan fingerprint density at radius 1 is 1.03 bits per heavy atom. The van der Waals surface area contributed by atoms with E-state index in [0.29, 0.717) is 37.6 Å². The molecule has 6 nitrogen and oxygen atoms in total. The maximum Gasteiger partial charge on any atom is 0.272 e. The van der Waals surface area contributed by atoms with Gasteiger partial charge >= 0.3 is 0 Å². The average molecular weight is 488 g/mol. The number of H-pyrrole nitrogens is 1. The van der Waals surface area contributed by atoms with Crippen molar-refractivity contribution < 1.29 is 4.79 Å². The topological polar surface area (TPSA) is 79.8 Å². The van der Waals surface area contributed by atoms with Gasteiger partial charge in [0.25, 0.3) is 5.91 Å². The van der Waals surface area contributed by atoms with E-state index in [9.17, 15) is 9.59 Å². The Morgan fingerprint density at radius 3 is 2.44 bits per heavy atom. The number of benzene rings is 2. The number of pyridine rings is 1. The molecule has 0 fully saturated rings. The van der Waals surface area contributed by atoms with Gasteiger partial charge in [-0.1, -0.05) is 46.9 Å². The van der Waals surface area contributed by atoms with E-state index in [-0.39, 0.29) is 23.7 Å². The summed E-state index contributed by atoms with van der Waals surface area (Å²) in [5.41, 5.74) is 3.45. The monoisotopic (exact) mass is 486 g/mol. The lowest BCUT2D eigenvalue weighted by Crippen LogP contribution is -2.24. The maximum absolute atomic E-state index is 13.0. The summed E-state index contributed by atoms with van der Waals surface area (Å²) in [5.74, 6) is -0.373. The summed E-state index contributed by atoms with van der Waals surface area (Å²) in [6.45, 7) is 2.01. The summed E-state index contributed by atoms with van der Waals surface area (Å²) in [4.78, 5) is 27.0. The molecule has 162 valence electrons. The first kappa shape index (κ1) is 22.1. The molecular formula is C23H17Cl3N4O2. The molecule has 2 aromatic heterocycles. The summed E-state index contributed by atoms with van der Waals surface area (Å²) < 4.78 is 1.62. The number of carbonyl (C=O) groups is 1. The van der Waals surface area contributed by atoms with Crippen molar-refractivity contribution >= 4 is 40.7 Å². The Kier molecular flexibility index (Phi) is 6.37. The second-order valence-electron chi connectivity index (χ2n) is 7.08. The lowest BCUT2D eigenvalue weighted by Gasteiger charge is -2.11. The molecule has 2 aromatic carbocycles. The van der Waals surface area contributed by atoms with Gasteiger partial charge in [0.15, 0.2) is 5.69 Å². The summed E-state index contributed by atoms with van der Waals surface area (Å²) in [6, 6.07) is 15.5. The second-order valence-corrected chi connectivity index (χ2v) is 8.36. The first-order valence-corrected chi connectivity index (χ1v) is 10.7. The highest BCUT2D eigenvalue weighted by Crippen LogP contribution is 2.33. The average Bonchev–Trinajstić information content (AvgIpc) is 3.09. The molecule has 0 unspecified atom stereocenters. The molecule has 4 rings (SSSR count). The highest BCUT2D eigenvalue weighted by Gasteiger charge is 2.23. The van der Waals surface area contributed by atoms with E-state index >= 15 is 0 Å². The van der Waals surface area contributed by atoms with Gasteiger partial charge in [-0.05, 0) is 48.9 Å². The molecule has 9 heteroatoms. The van der Waals surface area contributed by atoms with E-state index in [0.717, 1.165) is 5.56 Å². The van der Waals surface area contributed by atoms with Gasteiger partial charge < -0.3 is 10.3 Å². The van der Waals surface area contributed by atoms with Gasteiger partial charge in [0.1, 0.15) is 0 Å². The molecule has 0 spiro atoms. The van der Waals surface area contributed by atoms with Crippen molar-refractivity contribution in [3.63, 3.8) is 0 Å². The largest absolute Gasteiger partial charge is 0.347 e. The van der Waals surface area contributed by atoms with Crippen molar-refractivity contribution in [1.29, 1.82) is 0 Å². The van der Waals surface area contributed by atoms with Crippen molar-refractivity contribution in [2.75, 3.05) is 0 Å². The van der Waals surface area contributed by atoms with Gasteiger partial charge in [0.05, 0.1) is 16.4 Å². The number of nitrogens with one attached hydrogen (secondary N) is 2. The minimum atomic E-state index is -0.373. The van der Waals surface area contributed by atoms with Crippen LogP contribution in [0.15, 0.2) is 65.6 Å². The number of nitrogens with zero attached hydrogens (tertiary/aromatic N) is 2. The molecule has 2 N–H and O–H groups in total. The van der Waals surface area contributed by atoms with E-state index in [1.165, 1.54) is 12.3 Å². The quantitative estimate of drug-likeness (QED) is 0.394. The van der Waals surface area contributed by atoms with Crippen LogP contribution in [0, 0.1) is 6.92 Å². The van der Waals surface area contributed by atoms with Crippen LogP contribution in [0.25, 0.3) is 16.9 Å². The third-order valence-electron chi connectivity index (χ3n) is 4.89. The maximum atomic E-state index is 13.0. The first-order chi connectivity index (χ1) is 15.3. The predicted molar refractivity (Wildman–Crippen MR) is 127 cm³/mol. The Balaban J connectivity index is 1.77. The number of aromatic nitrogens is 3. The molecule has 0 aliphatic carbocycles. The van der Waals surface area contributed by atoms with E-state index in [2.05, 4.69) is 15.4 Å². The number of hydrogen-bond donors (Lipinski definition) is 2. The van der Waals surface area contributed by atoms with Gasteiger partial charge in [0, 0.05) is 40.0 Å². The highest BCUT2D eigenvalue weighted by molar-refractivity contribution is 6.35. The Hall–Kier alpha value is -3.06. The lowest BCUT2D eigenvalue weighted by molar-refractivity contribution is 0.0945. The van der Waals surface area contributed by atoms with Crippen LogP contribution in [0.5, 0.6) is 0 Å². The van der Waals surface area contributed by atoms with Crippen molar-refractivity contribution in [2.24, 2.45) is 0 Å². The van der Waals surface area contributed by atoms with Gasteiger partial charge in [0.2, 0.25) is 5.56 Å². The van der Waals surface area contributed by atoms with Gasteiger partial charge in [-0.25, -0.2) is 4.68 Å². The summed E-state index contributed by atoms with van der Waals surface area (Å²) >= 11 is 18.6. The molecule has 0 saturated carbocycles. The fraction of sp³-hybridized carbons (Fsp3) is 0.0870. The third-order valence-corrected chi connectivity index (χ3v) is 5.68. The summed E-state index contributed by atoms with van der Waals surface area (Å²) in [5, 5.41) is 8.87. The molecule has 1 amide bonds. The van der Waals surface area contributed by atoms with Crippen LogP contribution in [0.1, 0.15) is 21.6 Å². The number of rotatable bonds is 5. The fourth-order valence-electron chi connectivity index (χ4n) is 3.35. The molecule has 4 aromatic rings. The number of hydrogen-bond acceptors (Lipinski definition) is 3. The van der Waals surface area contributed by atoms with E-state index in [1.54, 1.807) is 41.1 Å². The zero-order valence-corrected chi connectivity index (χ0v) is 19.1. The van der Waals surface area contributed by atoms with Crippen LogP contribution in [0.2, 0.25) is 15.1 Å². The molecule has 0 bridgehead atoms. The fourth-order valence-corrected chi connectivity index (χ4v) is 3.97. The Morgan fingerprint density at radius 2 is 1.75 bits per heavy atom. The van der Waals surface area contributed by atoms with E-state index < -0.39 is 0 Å². The minimum Gasteiger partial charge on any atom is -0.347 e. The molecule has 0 aliphatic rings.